The first-order chi connectivity index (χ1) is 9.81. The van der Waals surface area contributed by atoms with Crippen LogP contribution in [0.3, 0.4) is 0 Å². The zero-order chi connectivity index (χ0) is 13.9. The topological polar surface area (TPSA) is 69.1 Å². The fourth-order valence-corrected chi connectivity index (χ4v) is 2.46. The standard InChI is InChI=1S/C16H16N2O2/c19-10-4-3-7-14(20)16-15-12(8-9-17-16)11-5-1-2-6-13(11)18-15/h1-6,8-9,14,18-20H,7,10H2/b4-3+. The number of benzene rings is 1. The molecule has 4 heteroatoms. The van der Waals surface area contributed by atoms with Crippen LogP contribution in [-0.4, -0.2) is 26.8 Å². The molecule has 102 valence electrons. The molecule has 0 bridgehead atoms. The molecule has 1 unspecified atom stereocenters. The van der Waals surface area contributed by atoms with Gasteiger partial charge in [0.2, 0.25) is 0 Å². The summed E-state index contributed by atoms with van der Waals surface area (Å²) in [5.74, 6) is 0. The van der Waals surface area contributed by atoms with Gasteiger partial charge in [0.15, 0.2) is 0 Å². The molecule has 4 nitrogen and oxygen atoms in total. The Hall–Kier alpha value is -2.17. The fourth-order valence-electron chi connectivity index (χ4n) is 2.46. The molecule has 1 atom stereocenters. The number of hydrogen-bond acceptors (Lipinski definition) is 3. The number of rotatable bonds is 4. The maximum absolute atomic E-state index is 10.3. The highest BCUT2D eigenvalue weighted by Gasteiger charge is 2.14. The molecule has 0 amide bonds. The van der Waals surface area contributed by atoms with Crippen molar-refractivity contribution in [2.75, 3.05) is 6.61 Å². The van der Waals surface area contributed by atoms with Gasteiger partial charge in [-0.05, 0) is 18.6 Å². The van der Waals surface area contributed by atoms with E-state index in [0.717, 1.165) is 21.8 Å². The Kier molecular flexibility index (Phi) is 3.50. The van der Waals surface area contributed by atoms with Crippen molar-refractivity contribution in [3.8, 4) is 0 Å². The molecule has 20 heavy (non-hydrogen) atoms. The van der Waals surface area contributed by atoms with Crippen LogP contribution in [0.4, 0.5) is 0 Å². The monoisotopic (exact) mass is 268 g/mol. The van der Waals surface area contributed by atoms with Crippen molar-refractivity contribution < 1.29 is 10.2 Å². The van der Waals surface area contributed by atoms with Crippen LogP contribution in [0.2, 0.25) is 0 Å². The van der Waals surface area contributed by atoms with Gasteiger partial charge < -0.3 is 15.2 Å². The number of aliphatic hydroxyl groups excluding tert-OH is 2. The average Bonchev–Trinajstić information content (AvgIpc) is 2.86. The molecule has 0 aliphatic heterocycles. The number of aliphatic hydroxyl groups is 2. The number of nitrogens with zero attached hydrogens (tertiary/aromatic N) is 1. The van der Waals surface area contributed by atoms with Gasteiger partial charge in [-0.2, -0.15) is 0 Å². The second kappa shape index (κ2) is 5.45. The largest absolute Gasteiger partial charge is 0.392 e. The van der Waals surface area contributed by atoms with E-state index in [0.29, 0.717) is 12.1 Å². The van der Waals surface area contributed by atoms with E-state index in [4.69, 9.17) is 5.11 Å². The van der Waals surface area contributed by atoms with Gasteiger partial charge in [-0.25, -0.2) is 0 Å². The van der Waals surface area contributed by atoms with E-state index in [1.165, 1.54) is 0 Å². The molecule has 1 aromatic carbocycles. The highest BCUT2D eigenvalue weighted by Crippen LogP contribution is 2.29. The molecule has 0 radical (unpaired) electrons. The van der Waals surface area contributed by atoms with Gasteiger partial charge in [0, 0.05) is 22.5 Å². The van der Waals surface area contributed by atoms with Crippen LogP contribution < -0.4 is 0 Å². The molecule has 3 rings (SSSR count). The molecule has 0 fully saturated rings. The van der Waals surface area contributed by atoms with Gasteiger partial charge in [-0.15, -0.1) is 0 Å². The Morgan fingerprint density at radius 1 is 1.15 bits per heavy atom. The fraction of sp³-hybridized carbons (Fsp3) is 0.188. The van der Waals surface area contributed by atoms with Crippen molar-refractivity contribution in [1.29, 1.82) is 0 Å². The van der Waals surface area contributed by atoms with Crippen LogP contribution >= 0.6 is 0 Å². The Morgan fingerprint density at radius 3 is 2.85 bits per heavy atom. The third-order valence-corrected chi connectivity index (χ3v) is 3.40. The molecule has 0 aliphatic rings. The number of fused-ring (bicyclic) bond motifs is 3. The number of para-hydroxylation sites is 1. The number of hydrogen-bond donors (Lipinski definition) is 3. The molecule has 3 aromatic rings. The van der Waals surface area contributed by atoms with E-state index in [1.54, 1.807) is 18.3 Å². The maximum Gasteiger partial charge on any atom is 0.101 e. The van der Waals surface area contributed by atoms with E-state index in [1.807, 2.05) is 24.3 Å². The molecule has 2 heterocycles. The van der Waals surface area contributed by atoms with Crippen LogP contribution in [0.25, 0.3) is 21.8 Å². The number of aromatic amines is 1. The van der Waals surface area contributed by atoms with E-state index in [-0.39, 0.29) is 6.61 Å². The second-order valence-corrected chi connectivity index (χ2v) is 4.69. The lowest BCUT2D eigenvalue weighted by Gasteiger charge is -2.08. The Labute approximate surface area is 116 Å². The lowest BCUT2D eigenvalue weighted by molar-refractivity contribution is 0.178. The predicted octanol–water partition coefficient (Wildman–Crippen LogP) is 2.69. The second-order valence-electron chi connectivity index (χ2n) is 4.69. The van der Waals surface area contributed by atoms with Crippen LogP contribution in [0.5, 0.6) is 0 Å². The smallest absolute Gasteiger partial charge is 0.101 e. The summed E-state index contributed by atoms with van der Waals surface area (Å²) in [6, 6.07) is 9.99. The lowest BCUT2D eigenvalue weighted by Crippen LogP contribution is -2.00. The summed E-state index contributed by atoms with van der Waals surface area (Å²) in [6.45, 7) is -0.0171. The first-order valence-electron chi connectivity index (χ1n) is 6.60. The van der Waals surface area contributed by atoms with E-state index >= 15 is 0 Å². The first kappa shape index (κ1) is 12.8. The van der Waals surface area contributed by atoms with Gasteiger partial charge >= 0.3 is 0 Å². The van der Waals surface area contributed by atoms with Crippen molar-refractivity contribution in [1.82, 2.24) is 9.97 Å². The normalized spacial score (nSPS) is 13.5. The molecular weight excluding hydrogens is 252 g/mol. The number of nitrogens with one attached hydrogen (secondary N) is 1. The summed E-state index contributed by atoms with van der Waals surface area (Å²) >= 11 is 0. The van der Waals surface area contributed by atoms with Crippen molar-refractivity contribution >= 4 is 21.8 Å². The summed E-state index contributed by atoms with van der Waals surface area (Å²) in [6.07, 6.45) is 4.84. The van der Waals surface area contributed by atoms with E-state index in [2.05, 4.69) is 16.0 Å². The zero-order valence-corrected chi connectivity index (χ0v) is 11.0. The Morgan fingerprint density at radius 2 is 2.00 bits per heavy atom. The van der Waals surface area contributed by atoms with Crippen molar-refractivity contribution in [3.63, 3.8) is 0 Å². The summed E-state index contributed by atoms with van der Waals surface area (Å²) in [5, 5.41) is 21.2. The SMILES string of the molecule is OC/C=C/CC(O)c1nccc2c1[nH]c1ccccc12. The highest BCUT2D eigenvalue weighted by molar-refractivity contribution is 6.07. The number of aromatic nitrogens is 2. The van der Waals surface area contributed by atoms with Crippen LogP contribution in [-0.2, 0) is 0 Å². The molecule has 0 aliphatic carbocycles. The third kappa shape index (κ3) is 2.19. The van der Waals surface area contributed by atoms with Gasteiger partial charge in [-0.3, -0.25) is 4.98 Å². The van der Waals surface area contributed by atoms with Gasteiger partial charge in [-0.1, -0.05) is 30.4 Å². The van der Waals surface area contributed by atoms with Crippen LogP contribution in [0, 0.1) is 0 Å². The molecule has 0 saturated heterocycles. The van der Waals surface area contributed by atoms with Crippen molar-refractivity contribution in [2.24, 2.45) is 0 Å². The lowest BCUT2D eigenvalue weighted by atomic mass is 10.1. The summed E-state index contributed by atoms with van der Waals surface area (Å²) < 4.78 is 0. The van der Waals surface area contributed by atoms with Crippen LogP contribution in [0.1, 0.15) is 18.2 Å². The number of H-pyrrole nitrogens is 1. The summed E-state index contributed by atoms with van der Waals surface area (Å²) in [4.78, 5) is 7.63. The highest BCUT2D eigenvalue weighted by atomic mass is 16.3. The summed E-state index contributed by atoms with van der Waals surface area (Å²) in [5.41, 5.74) is 2.55. The molecule has 3 N–H and O–H groups in total. The third-order valence-electron chi connectivity index (χ3n) is 3.40. The minimum absolute atomic E-state index is 0.0171. The van der Waals surface area contributed by atoms with E-state index < -0.39 is 6.10 Å². The zero-order valence-electron chi connectivity index (χ0n) is 11.0. The summed E-state index contributed by atoms with van der Waals surface area (Å²) in [7, 11) is 0. The minimum Gasteiger partial charge on any atom is -0.392 e. The molecule has 0 spiro atoms. The van der Waals surface area contributed by atoms with Crippen molar-refractivity contribution in [3.05, 3.63) is 54.4 Å². The quantitative estimate of drug-likeness (QED) is 0.637. The molecular formula is C16H16N2O2. The van der Waals surface area contributed by atoms with Crippen molar-refractivity contribution in [2.45, 2.75) is 12.5 Å². The Bertz CT molecular complexity index is 761. The van der Waals surface area contributed by atoms with Gasteiger partial charge in [0.25, 0.3) is 0 Å². The van der Waals surface area contributed by atoms with Gasteiger partial charge in [0.1, 0.15) is 6.10 Å². The minimum atomic E-state index is -0.686. The molecule has 2 aromatic heterocycles. The number of pyridine rings is 1. The van der Waals surface area contributed by atoms with Gasteiger partial charge in [0.05, 0.1) is 17.8 Å². The maximum atomic E-state index is 10.3. The Balaban J connectivity index is 2.09. The molecule has 0 saturated carbocycles. The predicted molar refractivity (Wildman–Crippen MR) is 79.4 cm³/mol. The van der Waals surface area contributed by atoms with E-state index in [9.17, 15) is 5.11 Å². The first-order valence-corrected chi connectivity index (χ1v) is 6.60. The van der Waals surface area contributed by atoms with Crippen LogP contribution in [0.15, 0.2) is 48.7 Å². The average molecular weight is 268 g/mol.